The Labute approximate surface area is 103 Å². The molecule has 0 amide bonds. The van der Waals surface area contributed by atoms with Gasteiger partial charge in [-0.25, -0.2) is 0 Å². The van der Waals surface area contributed by atoms with E-state index in [0.717, 1.165) is 19.6 Å². The molecule has 4 nitrogen and oxygen atoms in total. The minimum atomic E-state index is 0.285. The van der Waals surface area contributed by atoms with E-state index in [1.165, 1.54) is 11.1 Å². The zero-order valence-electron chi connectivity index (χ0n) is 10.6. The van der Waals surface area contributed by atoms with Gasteiger partial charge in [-0.2, -0.15) is 0 Å². The van der Waals surface area contributed by atoms with Crippen molar-refractivity contribution in [2.24, 2.45) is 10.9 Å². The topological polar surface area (TPSA) is 61.8 Å². The lowest BCUT2D eigenvalue weighted by molar-refractivity contribution is 0.282. The van der Waals surface area contributed by atoms with Crippen LogP contribution >= 0.6 is 0 Å². The van der Waals surface area contributed by atoms with Crippen LogP contribution in [0.2, 0.25) is 0 Å². The van der Waals surface area contributed by atoms with Gasteiger partial charge in [-0.1, -0.05) is 36.3 Å². The first kappa shape index (κ1) is 13.5. The van der Waals surface area contributed by atoms with Crippen molar-refractivity contribution in [3.05, 3.63) is 35.4 Å². The highest BCUT2D eigenvalue weighted by Gasteiger charge is 2.06. The molecule has 0 bridgehead atoms. The monoisotopic (exact) mass is 235 g/mol. The molecule has 1 aromatic carbocycles. The summed E-state index contributed by atoms with van der Waals surface area (Å²) in [5.74, 6) is 0.285. The van der Waals surface area contributed by atoms with Gasteiger partial charge in [0.25, 0.3) is 0 Å². The molecular weight excluding hydrogens is 214 g/mol. The van der Waals surface area contributed by atoms with Gasteiger partial charge in [-0.15, -0.1) is 0 Å². The van der Waals surface area contributed by atoms with Gasteiger partial charge in [-0.05, 0) is 24.6 Å². The smallest absolute Gasteiger partial charge is 0.140 e. The largest absolute Gasteiger partial charge is 0.409 e. The van der Waals surface area contributed by atoms with Crippen LogP contribution in [0, 0.1) is 6.92 Å². The summed E-state index contributed by atoms with van der Waals surface area (Å²) in [5, 5.41) is 11.5. The molecule has 1 rings (SSSR count). The highest BCUT2D eigenvalue weighted by molar-refractivity contribution is 5.79. The third-order valence-electron chi connectivity index (χ3n) is 2.92. The second-order valence-corrected chi connectivity index (χ2v) is 4.14. The number of aryl methyl sites for hydroxylation is 1. The Kier molecular flexibility index (Phi) is 5.49. The van der Waals surface area contributed by atoms with Crippen LogP contribution in [0.3, 0.4) is 0 Å². The summed E-state index contributed by atoms with van der Waals surface area (Å²) in [4.78, 5) is 2.28. The van der Waals surface area contributed by atoms with Crippen molar-refractivity contribution in [1.82, 2.24) is 4.90 Å². The Morgan fingerprint density at radius 2 is 2.12 bits per heavy atom. The van der Waals surface area contributed by atoms with Gasteiger partial charge < -0.3 is 10.9 Å². The predicted octanol–water partition coefficient (Wildman–Crippen LogP) is 1.95. The summed E-state index contributed by atoms with van der Waals surface area (Å²) in [7, 11) is 0. The molecule has 4 heteroatoms. The molecule has 0 saturated carbocycles. The number of oxime groups is 1. The Bertz CT molecular complexity index is 377. The fourth-order valence-corrected chi connectivity index (χ4v) is 1.70. The van der Waals surface area contributed by atoms with E-state index in [1.807, 2.05) is 6.07 Å². The lowest BCUT2D eigenvalue weighted by Crippen LogP contribution is -2.28. The highest BCUT2D eigenvalue weighted by Crippen LogP contribution is 2.10. The molecule has 94 valence electrons. The molecule has 0 spiro atoms. The number of hydrogen-bond donors (Lipinski definition) is 2. The zero-order chi connectivity index (χ0) is 12.7. The Balaban J connectivity index is 2.55. The van der Waals surface area contributed by atoms with Crippen molar-refractivity contribution >= 4 is 5.84 Å². The molecule has 17 heavy (non-hydrogen) atoms. The van der Waals surface area contributed by atoms with E-state index in [9.17, 15) is 0 Å². The van der Waals surface area contributed by atoms with Gasteiger partial charge in [0.15, 0.2) is 0 Å². The molecule has 0 aliphatic carbocycles. The summed E-state index contributed by atoms with van der Waals surface area (Å²) >= 11 is 0. The van der Waals surface area contributed by atoms with E-state index in [-0.39, 0.29) is 5.84 Å². The molecule has 0 saturated heterocycles. The molecule has 3 N–H and O–H groups in total. The summed E-state index contributed by atoms with van der Waals surface area (Å²) < 4.78 is 0. The van der Waals surface area contributed by atoms with Crippen LogP contribution in [0.1, 0.15) is 24.5 Å². The maximum absolute atomic E-state index is 8.50. The molecule has 0 aliphatic heterocycles. The van der Waals surface area contributed by atoms with Crippen LogP contribution in [0.25, 0.3) is 0 Å². The summed E-state index contributed by atoms with van der Waals surface area (Å²) in [6, 6.07) is 8.36. The number of rotatable bonds is 6. The lowest BCUT2D eigenvalue weighted by atomic mass is 10.1. The van der Waals surface area contributed by atoms with E-state index < -0.39 is 0 Å². The SMILES string of the molecule is CCN(CC/C(N)=N/O)Cc1ccccc1C. The van der Waals surface area contributed by atoms with E-state index in [2.05, 4.69) is 42.1 Å². The van der Waals surface area contributed by atoms with E-state index >= 15 is 0 Å². The van der Waals surface area contributed by atoms with Crippen LogP contribution in [0.15, 0.2) is 29.4 Å². The maximum atomic E-state index is 8.50. The quantitative estimate of drug-likeness (QED) is 0.343. The first-order chi connectivity index (χ1) is 8.17. The van der Waals surface area contributed by atoms with Crippen molar-refractivity contribution < 1.29 is 5.21 Å². The normalized spacial score (nSPS) is 12.1. The summed E-state index contributed by atoms with van der Waals surface area (Å²) in [6.45, 7) is 6.90. The van der Waals surface area contributed by atoms with Gasteiger partial charge in [0.2, 0.25) is 0 Å². The molecule has 0 atom stereocenters. The summed E-state index contributed by atoms with van der Waals surface area (Å²) in [6.07, 6.45) is 0.593. The fraction of sp³-hybridized carbons (Fsp3) is 0.462. The van der Waals surface area contributed by atoms with Crippen molar-refractivity contribution in [2.75, 3.05) is 13.1 Å². The zero-order valence-corrected chi connectivity index (χ0v) is 10.6. The first-order valence-electron chi connectivity index (χ1n) is 5.90. The number of nitrogens with two attached hydrogens (primary N) is 1. The molecular formula is C13H21N3O. The van der Waals surface area contributed by atoms with Crippen molar-refractivity contribution in [2.45, 2.75) is 26.8 Å². The maximum Gasteiger partial charge on any atom is 0.140 e. The average molecular weight is 235 g/mol. The lowest BCUT2D eigenvalue weighted by Gasteiger charge is -2.21. The van der Waals surface area contributed by atoms with Crippen LogP contribution in [0.5, 0.6) is 0 Å². The minimum Gasteiger partial charge on any atom is -0.409 e. The van der Waals surface area contributed by atoms with Crippen molar-refractivity contribution in [3.8, 4) is 0 Å². The van der Waals surface area contributed by atoms with Crippen LogP contribution in [-0.2, 0) is 6.54 Å². The van der Waals surface area contributed by atoms with Gasteiger partial charge in [-0.3, -0.25) is 4.90 Å². The molecule has 0 unspecified atom stereocenters. The van der Waals surface area contributed by atoms with Crippen molar-refractivity contribution in [3.63, 3.8) is 0 Å². The Morgan fingerprint density at radius 1 is 1.41 bits per heavy atom. The van der Waals surface area contributed by atoms with E-state index in [4.69, 9.17) is 10.9 Å². The Morgan fingerprint density at radius 3 is 2.71 bits per heavy atom. The Hall–Kier alpha value is -1.55. The molecule has 0 heterocycles. The number of benzene rings is 1. The average Bonchev–Trinajstić information content (AvgIpc) is 2.36. The third kappa shape index (κ3) is 4.44. The van der Waals surface area contributed by atoms with Gasteiger partial charge in [0.1, 0.15) is 5.84 Å². The fourth-order valence-electron chi connectivity index (χ4n) is 1.70. The van der Waals surface area contributed by atoms with E-state index in [1.54, 1.807) is 0 Å². The predicted molar refractivity (Wildman–Crippen MR) is 70.2 cm³/mol. The third-order valence-corrected chi connectivity index (χ3v) is 2.92. The second-order valence-electron chi connectivity index (χ2n) is 4.14. The molecule has 1 aromatic rings. The minimum absolute atomic E-state index is 0.285. The van der Waals surface area contributed by atoms with Gasteiger partial charge in [0.05, 0.1) is 0 Å². The molecule has 0 fully saturated rings. The van der Waals surface area contributed by atoms with Gasteiger partial charge >= 0.3 is 0 Å². The number of amidine groups is 1. The number of nitrogens with zero attached hydrogens (tertiary/aromatic N) is 2. The second kappa shape index (κ2) is 6.91. The summed E-state index contributed by atoms with van der Waals surface area (Å²) in [5.41, 5.74) is 8.10. The molecule has 0 radical (unpaired) electrons. The first-order valence-corrected chi connectivity index (χ1v) is 5.90. The highest BCUT2D eigenvalue weighted by atomic mass is 16.4. The van der Waals surface area contributed by atoms with Crippen LogP contribution in [-0.4, -0.2) is 29.0 Å². The van der Waals surface area contributed by atoms with Crippen LogP contribution < -0.4 is 5.73 Å². The van der Waals surface area contributed by atoms with Gasteiger partial charge in [0, 0.05) is 19.5 Å². The standard InChI is InChI=1S/C13H21N3O/c1-3-16(9-8-13(14)15-17)10-12-7-5-4-6-11(12)2/h4-7,17H,3,8-10H2,1-2H3,(H2,14,15). The van der Waals surface area contributed by atoms with Crippen molar-refractivity contribution in [1.29, 1.82) is 0 Å². The van der Waals surface area contributed by atoms with E-state index in [0.29, 0.717) is 6.42 Å². The van der Waals surface area contributed by atoms with Crippen LogP contribution in [0.4, 0.5) is 0 Å². The molecule has 0 aromatic heterocycles. The molecule has 0 aliphatic rings. The number of hydrogen-bond acceptors (Lipinski definition) is 3.